The van der Waals surface area contributed by atoms with Crippen LogP contribution in [0, 0.1) is 22.9 Å². The highest BCUT2D eigenvalue weighted by Crippen LogP contribution is 2.47. The predicted octanol–water partition coefficient (Wildman–Crippen LogP) is 3.83. The van der Waals surface area contributed by atoms with Gasteiger partial charge in [-0.2, -0.15) is 0 Å². The first-order chi connectivity index (χ1) is 12.8. The van der Waals surface area contributed by atoms with Gasteiger partial charge in [0.15, 0.2) is 17.5 Å². The maximum atomic E-state index is 13.7. The minimum Gasteiger partial charge on any atom is -0.355 e. The topological polar surface area (TPSA) is 58.2 Å². The van der Waals surface area contributed by atoms with Crippen LogP contribution in [-0.2, 0) is 16.0 Å². The first kappa shape index (κ1) is 19.2. The van der Waals surface area contributed by atoms with E-state index in [4.69, 9.17) is 11.6 Å². The van der Waals surface area contributed by atoms with E-state index in [1.165, 1.54) is 0 Å². The fourth-order valence-electron chi connectivity index (χ4n) is 2.69. The van der Waals surface area contributed by atoms with Gasteiger partial charge in [0.25, 0.3) is 0 Å². The van der Waals surface area contributed by atoms with Gasteiger partial charge in [0.1, 0.15) is 5.41 Å². The van der Waals surface area contributed by atoms with Crippen LogP contribution < -0.4 is 10.6 Å². The first-order valence-corrected chi connectivity index (χ1v) is 8.69. The second kappa shape index (κ2) is 7.60. The van der Waals surface area contributed by atoms with Gasteiger partial charge < -0.3 is 10.6 Å². The van der Waals surface area contributed by atoms with Crippen LogP contribution in [0.15, 0.2) is 36.4 Å². The number of halogens is 4. The summed E-state index contributed by atoms with van der Waals surface area (Å²) in [4.78, 5) is 24.8. The number of amides is 2. The molecule has 2 N–H and O–H groups in total. The quantitative estimate of drug-likeness (QED) is 0.576. The van der Waals surface area contributed by atoms with Gasteiger partial charge in [0, 0.05) is 11.6 Å². The maximum absolute atomic E-state index is 13.7. The fourth-order valence-corrected chi connectivity index (χ4v) is 2.81. The third-order valence-corrected chi connectivity index (χ3v) is 4.77. The van der Waals surface area contributed by atoms with Crippen LogP contribution in [0.5, 0.6) is 0 Å². The molecule has 0 aromatic heterocycles. The Bertz CT molecular complexity index is 883. The van der Waals surface area contributed by atoms with Crippen LogP contribution in [0.3, 0.4) is 0 Å². The molecule has 0 radical (unpaired) electrons. The summed E-state index contributed by atoms with van der Waals surface area (Å²) in [6, 6.07) is 8.77. The summed E-state index contributed by atoms with van der Waals surface area (Å²) in [6.45, 7) is 0.315. The van der Waals surface area contributed by atoms with E-state index < -0.39 is 40.4 Å². The maximum Gasteiger partial charge on any atom is 0.240 e. The minimum absolute atomic E-state index is 0.302. The van der Waals surface area contributed by atoms with Crippen molar-refractivity contribution in [2.24, 2.45) is 5.41 Å². The summed E-state index contributed by atoms with van der Waals surface area (Å²) in [5, 5.41) is 5.48. The molecule has 0 heterocycles. The van der Waals surface area contributed by atoms with Crippen LogP contribution in [0.2, 0.25) is 5.02 Å². The number of nitrogens with one attached hydrogen (secondary N) is 2. The molecule has 1 aliphatic rings. The Labute approximate surface area is 158 Å². The molecule has 0 unspecified atom stereocenters. The van der Waals surface area contributed by atoms with Gasteiger partial charge in [-0.3, -0.25) is 9.59 Å². The monoisotopic (exact) mass is 396 g/mol. The number of hydrogen-bond acceptors (Lipinski definition) is 2. The molecule has 2 aromatic carbocycles. The van der Waals surface area contributed by atoms with E-state index in [9.17, 15) is 22.8 Å². The molecule has 3 rings (SSSR count). The molecule has 0 saturated heterocycles. The standard InChI is InChI=1S/C19H16ClF3N2O2/c20-12-3-1-11(2-4-12)7-10-24-17(26)19(8-9-19)18(27)25-14-6-5-13(21)15(22)16(14)23/h1-6H,7-10H2,(H,24,26)(H,25,27). The highest BCUT2D eigenvalue weighted by Gasteiger charge is 2.56. The van der Waals surface area contributed by atoms with Crippen molar-refractivity contribution in [3.63, 3.8) is 0 Å². The molecule has 0 aliphatic heterocycles. The van der Waals surface area contributed by atoms with Crippen LogP contribution in [0.25, 0.3) is 0 Å². The predicted molar refractivity (Wildman–Crippen MR) is 94.8 cm³/mol. The summed E-state index contributed by atoms with van der Waals surface area (Å²) in [7, 11) is 0. The average molecular weight is 397 g/mol. The largest absolute Gasteiger partial charge is 0.355 e. The lowest BCUT2D eigenvalue weighted by Gasteiger charge is -2.16. The average Bonchev–Trinajstić information content (AvgIpc) is 3.46. The van der Waals surface area contributed by atoms with Gasteiger partial charge in [-0.25, -0.2) is 13.2 Å². The summed E-state index contributed by atoms with van der Waals surface area (Å²) in [5.41, 5.74) is -0.839. The lowest BCUT2D eigenvalue weighted by atomic mass is 10.0. The lowest BCUT2D eigenvalue weighted by molar-refractivity contribution is -0.134. The van der Waals surface area contributed by atoms with Crippen LogP contribution >= 0.6 is 11.6 Å². The van der Waals surface area contributed by atoms with Gasteiger partial charge >= 0.3 is 0 Å². The summed E-state index contributed by atoms with van der Waals surface area (Å²) >= 11 is 5.81. The molecule has 2 amide bonds. The van der Waals surface area contributed by atoms with Gasteiger partial charge in [-0.1, -0.05) is 23.7 Å². The van der Waals surface area contributed by atoms with Crippen molar-refractivity contribution in [1.82, 2.24) is 5.32 Å². The zero-order chi connectivity index (χ0) is 19.6. The number of anilines is 1. The fraction of sp³-hybridized carbons (Fsp3) is 0.263. The summed E-state index contributed by atoms with van der Waals surface area (Å²) in [6.07, 6.45) is 1.16. The third-order valence-electron chi connectivity index (χ3n) is 4.52. The molecule has 1 fully saturated rings. The Morgan fingerprint density at radius 3 is 2.26 bits per heavy atom. The molecule has 8 heteroatoms. The first-order valence-electron chi connectivity index (χ1n) is 8.31. The number of rotatable bonds is 6. The molecule has 1 saturated carbocycles. The van der Waals surface area contributed by atoms with E-state index >= 15 is 0 Å². The number of carbonyl (C=O) groups is 2. The van der Waals surface area contributed by atoms with Crippen molar-refractivity contribution < 1.29 is 22.8 Å². The minimum atomic E-state index is -1.68. The van der Waals surface area contributed by atoms with E-state index in [1.54, 1.807) is 12.1 Å². The molecule has 0 spiro atoms. The van der Waals surface area contributed by atoms with Gasteiger partial charge in [0.2, 0.25) is 11.8 Å². The molecule has 4 nitrogen and oxygen atoms in total. The molecule has 142 valence electrons. The second-order valence-electron chi connectivity index (χ2n) is 6.39. The number of benzene rings is 2. The van der Waals surface area contributed by atoms with E-state index in [0.29, 0.717) is 36.9 Å². The number of hydrogen-bond donors (Lipinski definition) is 2. The molecule has 0 bridgehead atoms. The van der Waals surface area contributed by atoms with E-state index in [2.05, 4.69) is 10.6 Å². The van der Waals surface area contributed by atoms with E-state index in [1.807, 2.05) is 12.1 Å². The Hall–Kier alpha value is -2.54. The van der Waals surface area contributed by atoms with E-state index in [0.717, 1.165) is 11.6 Å². The van der Waals surface area contributed by atoms with Crippen LogP contribution in [0.1, 0.15) is 18.4 Å². The normalized spacial score (nSPS) is 14.5. The Kier molecular flexibility index (Phi) is 5.41. The van der Waals surface area contributed by atoms with Crippen molar-refractivity contribution in [1.29, 1.82) is 0 Å². The highest BCUT2D eigenvalue weighted by molar-refractivity contribution is 6.30. The highest BCUT2D eigenvalue weighted by atomic mass is 35.5. The van der Waals surface area contributed by atoms with Crippen LogP contribution in [-0.4, -0.2) is 18.4 Å². The SMILES string of the molecule is O=C(NCCc1ccc(Cl)cc1)C1(C(=O)Nc2ccc(F)c(F)c2F)CC1. The summed E-state index contributed by atoms with van der Waals surface area (Å²) < 4.78 is 40.0. The number of carbonyl (C=O) groups excluding carboxylic acids is 2. The Morgan fingerprint density at radius 1 is 0.963 bits per heavy atom. The summed E-state index contributed by atoms with van der Waals surface area (Å²) in [5.74, 6) is -5.74. The van der Waals surface area contributed by atoms with Crippen molar-refractivity contribution in [2.75, 3.05) is 11.9 Å². The molecular formula is C19H16ClF3N2O2. The molecule has 0 atom stereocenters. The van der Waals surface area contributed by atoms with Crippen molar-refractivity contribution in [3.05, 3.63) is 64.4 Å². The van der Waals surface area contributed by atoms with Gasteiger partial charge in [0.05, 0.1) is 5.69 Å². The smallest absolute Gasteiger partial charge is 0.240 e. The Balaban J connectivity index is 1.59. The van der Waals surface area contributed by atoms with Crippen molar-refractivity contribution in [2.45, 2.75) is 19.3 Å². The van der Waals surface area contributed by atoms with E-state index in [-0.39, 0.29) is 0 Å². The zero-order valence-corrected chi connectivity index (χ0v) is 14.9. The molecule has 1 aliphatic carbocycles. The van der Waals surface area contributed by atoms with Crippen molar-refractivity contribution >= 4 is 29.1 Å². The van der Waals surface area contributed by atoms with Gasteiger partial charge in [-0.05, 0) is 49.1 Å². The molecule has 27 heavy (non-hydrogen) atoms. The molecular weight excluding hydrogens is 381 g/mol. The van der Waals surface area contributed by atoms with Crippen molar-refractivity contribution in [3.8, 4) is 0 Å². The molecule has 2 aromatic rings. The second-order valence-corrected chi connectivity index (χ2v) is 6.83. The lowest BCUT2D eigenvalue weighted by Crippen LogP contribution is -2.40. The zero-order valence-electron chi connectivity index (χ0n) is 14.1. The van der Waals surface area contributed by atoms with Gasteiger partial charge in [-0.15, -0.1) is 0 Å². The van der Waals surface area contributed by atoms with Crippen LogP contribution in [0.4, 0.5) is 18.9 Å². The Morgan fingerprint density at radius 2 is 1.63 bits per heavy atom. The third kappa shape index (κ3) is 4.08.